The van der Waals surface area contributed by atoms with Gasteiger partial charge in [0, 0.05) is 43.1 Å². The van der Waals surface area contributed by atoms with Crippen LogP contribution in [0.5, 0.6) is 0 Å². The van der Waals surface area contributed by atoms with Crippen molar-refractivity contribution in [3.05, 3.63) is 146 Å². The molecule has 0 saturated carbocycles. The van der Waals surface area contributed by atoms with E-state index in [4.69, 9.17) is 20.3 Å². The summed E-state index contributed by atoms with van der Waals surface area (Å²) in [6.07, 6.45) is 23.2. The Hall–Kier alpha value is -4.66. The van der Waals surface area contributed by atoms with Crippen LogP contribution in [0.1, 0.15) is 118 Å². The molecule has 0 aliphatic carbocycles. The molecule has 1 heterocycles. The second-order valence-electron chi connectivity index (χ2n) is 22.0. The van der Waals surface area contributed by atoms with E-state index >= 15 is 0 Å². The minimum absolute atomic E-state index is 0.0241. The molecular formula is C65H103NO19. The molecule has 1 aliphatic heterocycles. The Balaban J connectivity index is 2.69. The van der Waals surface area contributed by atoms with Crippen molar-refractivity contribution in [3.8, 4) is 0 Å². The number of hydrogen-bond acceptors (Lipinski definition) is 19. The minimum atomic E-state index is -1.64. The van der Waals surface area contributed by atoms with Crippen molar-refractivity contribution in [2.45, 2.75) is 222 Å². The first-order chi connectivity index (χ1) is 40.4. The van der Waals surface area contributed by atoms with Crippen LogP contribution in [0.4, 0.5) is 0 Å². The van der Waals surface area contributed by atoms with Crippen LogP contribution in [-0.4, -0.2) is 199 Å². The molecule has 20 heteroatoms. The normalized spacial score (nSPS) is 24.1. The van der Waals surface area contributed by atoms with Crippen molar-refractivity contribution in [3.63, 3.8) is 0 Å². The van der Waals surface area contributed by atoms with Crippen molar-refractivity contribution >= 4 is 11.8 Å². The molecule has 20 nitrogen and oxygen atoms in total. The van der Waals surface area contributed by atoms with E-state index < -0.39 is 134 Å². The largest absolute Gasteiger partial charge is 0.478 e. The van der Waals surface area contributed by atoms with Crippen LogP contribution in [0.25, 0.3) is 0 Å². The number of carbonyl (C=O) groups excluding carboxylic acids is 1. The summed E-state index contributed by atoms with van der Waals surface area (Å²) in [5.41, 5.74) is 5.44. The van der Waals surface area contributed by atoms with Gasteiger partial charge in [-0.3, -0.25) is 4.79 Å². The molecule has 1 rings (SSSR count). The van der Waals surface area contributed by atoms with Gasteiger partial charge in [0.25, 0.3) is 0 Å². The van der Waals surface area contributed by atoms with Gasteiger partial charge < -0.3 is 91.8 Å². The predicted molar refractivity (Wildman–Crippen MR) is 327 cm³/mol. The van der Waals surface area contributed by atoms with E-state index in [2.05, 4.69) is 0 Å². The molecule has 0 bridgehead atoms. The number of ether oxygens (including phenoxy) is 2. The summed E-state index contributed by atoms with van der Waals surface area (Å²) in [5, 5.41) is 155. The summed E-state index contributed by atoms with van der Waals surface area (Å²) in [6, 6.07) is 0. The Kier molecular flexibility index (Phi) is 42.9. The summed E-state index contributed by atoms with van der Waals surface area (Å²) < 4.78 is 11.7. The minimum Gasteiger partial charge on any atom is -0.478 e. The SMILES string of the molecule is CC(C=CCCC=CC=CC=CC=CC(=O)O)C(O)C(C)C(O)C=CC=CC=CC=CC=CCC(OC1OC(C)C(O)C(O)C1O)C(C)C(=O)CC(O)CC(O)CC(O)C=CCC(O)CC(O)CC(O)CC(O)C=CCC(O)CC(O)CCCN. The summed E-state index contributed by atoms with van der Waals surface area (Å²) in [4.78, 5) is 24.0. The van der Waals surface area contributed by atoms with Crippen LogP contribution in [0.3, 0.4) is 0 Å². The number of unbranched alkanes of at least 4 members (excludes halogenated alkanes) is 1. The second kappa shape index (κ2) is 46.5. The summed E-state index contributed by atoms with van der Waals surface area (Å²) in [6.45, 7) is 7.17. The Bertz CT molecular complexity index is 2170. The topological polar surface area (TPSA) is 382 Å². The zero-order valence-corrected chi connectivity index (χ0v) is 49.9. The Morgan fingerprint density at radius 2 is 1.00 bits per heavy atom. The number of Topliss-reactive ketones (excluding diaryl/α,β-unsaturated/α-hetero) is 1. The molecule has 1 fully saturated rings. The average Bonchev–Trinajstić information content (AvgIpc) is 3.30. The number of aliphatic hydroxyl groups is 14. The molecular weight excluding hydrogens is 1100 g/mol. The van der Waals surface area contributed by atoms with Crippen molar-refractivity contribution in [2.75, 3.05) is 6.54 Å². The number of allylic oxidation sites excluding steroid dienone is 16. The molecule has 85 heavy (non-hydrogen) atoms. The first-order valence-corrected chi connectivity index (χ1v) is 29.7. The van der Waals surface area contributed by atoms with E-state index in [1.165, 1.54) is 31.2 Å². The maximum atomic E-state index is 13.6. The molecule has 0 aromatic heterocycles. The van der Waals surface area contributed by atoms with E-state index in [0.29, 0.717) is 19.4 Å². The number of rotatable bonds is 45. The van der Waals surface area contributed by atoms with Gasteiger partial charge in [0.15, 0.2) is 6.29 Å². The van der Waals surface area contributed by atoms with Crippen LogP contribution < -0.4 is 5.73 Å². The number of ketones is 1. The smallest absolute Gasteiger partial charge is 0.328 e. The van der Waals surface area contributed by atoms with Crippen LogP contribution >= 0.6 is 0 Å². The lowest BCUT2D eigenvalue weighted by molar-refractivity contribution is -0.306. The number of aliphatic hydroxyl groups excluding tert-OH is 14. The van der Waals surface area contributed by atoms with Crippen LogP contribution in [0.2, 0.25) is 0 Å². The van der Waals surface area contributed by atoms with Gasteiger partial charge in [0.2, 0.25) is 0 Å². The highest BCUT2D eigenvalue weighted by molar-refractivity contribution is 5.81. The highest BCUT2D eigenvalue weighted by Gasteiger charge is 2.44. The maximum Gasteiger partial charge on any atom is 0.328 e. The zero-order chi connectivity index (χ0) is 63.7. The molecule has 20 atom stereocenters. The summed E-state index contributed by atoms with van der Waals surface area (Å²) in [5.74, 6) is -2.97. The molecule has 482 valence electrons. The lowest BCUT2D eigenvalue weighted by atomic mass is 9.88. The van der Waals surface area contributed by atoms with E-state index in [-0.39, 0.29) is 63.7 Å². The molecule has 17 N–H and O–H groups in total. The number of hydrogen-bond donors (Lipinski definition) is 16. The van der Waals surface area contributed by atoms with Crippen LogP contribution in [0.15, 0.2) is 146 Å². The molecule has 0 spiro atoms. The molecule has 0 radical (unpaired) electrons. The van der Waals surface area contributed by atoms with Crippen molar-refractivity contribution in [1.29, 1.82) is 0 Å². The maximum absolute atomic E-state index is 13.6. The fourth-order valence-corrected chi connectivity index (χ4v) is 8.99. The first-order valence-electron chi connectivity index (χ1n) is 29.7. The Morgan fingerprint density at radius 3 is 1.56 bits per heavy atom. The van der Waals surface area contributed by atoms with E-state index in [1.807, 2.05) is 37.3 Å². The second-order valence-corrected chi connectivity index (χ2v) is 22.0. The summed E-state index contributed by atoms with van der Waals surface area (Å²) in [7, 11) is 0. The molecule has 0 aromatic carbocycles. The van der Waals surface area contributed by atoms with Crippen molar-refractivity contribution in [2.24, 2.45) is 23.5 Å². The number of carboxylic acids is 1. The molecule has 20 unspecified atom stereocenters. The fourth-order valence-electron chi connectivity index (χ4n) is 8.99. The number of nitrogens with two attached hydrogens (primary N) is 1. The lowest BCUT2D eigenvalue weighted by Crippen LogP contribution is -2.58. The summed E-state index contributed by atoms with van der Waals surface area (Å²) >= 11 is 0. The van der Waals surface area contributed by atoms with Gasteiger partial charge in [-0.2, -0.15) is 0 Å². The number of carboxylic acid groups (broad SMARTS) is 1. The molecule has 1 aliphatic rings. The highest BCUT2D eigenvalue weighted by Crippen LogP contribution is 2.27. The zero-order valence-electron chi connectivity index (χ0n) is 49.9. The Morgan fingerprint density at radius 1 is 0.518 bits per heavy atom. The fraction of sp³-hybridized carbons (Fsp3) is 0.600. The van der Waals surface area contributed by atoms with Crippen molar-refractivity contribution < 1.29 is 95.7 Å². The van der Waals surface area contributed by atoms with Gasteiger partial charge in [-0.25, -0.2) is 4.79 Å². The third kappa shape index (κ3) is 37.6. The predicted octanol–water partition coefficient (Wildman–Crippen LogP) is 3.83. The van der Waals surface area contributed by atoms with Gasteiger partial charge in [0.05, 0.1) is 79.4 Å². The first kappa shape index (κ1) is 78.4. The van der Waals surface area contributed by atoms with Crippen LogP contribution in [0, 0.1) is 17.8 Å². The van der Waals surface area contributed by atoms with E-state index in [1.54, 1.807) is 98.9 Å². The third-order valence-corrected chi connectivity index (χ3v) is 14.2. The molecule has 0 amide bonds. The number of aliphatic carboxylic acids is 1. The molecule has 1 saturated heterocycles. The molecule has 0 aromatic rings. The van der Waals surface area contributed by atoms with Gasteiger partial charge in [-0.05, 0) is 84.1 Å². The number of carbonyl (C=O) groups is 2. The monoisotopic (exact) mass is 1200 g/mol. The van der Waals surface area contributed by atoms with Gasteiger partial charge in [-0.1, -0.05) is 161 Å². The quantitative estimate of drug-likeness (QED) is 0.0178. The third-order valence-electron chi connectivity index (χ3n) is 14.2. The highest BCUT2D eigenvalue weighted by atomic mass is 16.7. The Labute approximate surface area is 503 Å². The average molecular weight is 1200 g/mol. The van der Waals surface area contributed by atoms with Gasteiger partial charge in [0.1, 0.15) is 24.1 Å². The van der Waals surface area contributed by atoms with Gasteiger partial charge >= 0.3 is 5.97 Å². The van der Waals surface area contributed by atoms with E-state index in [9.17, 15) is 81.1 Å². The van der Waals surface area contributed by atoms with Gasteiger partial charge in [-0.15, -0.1) is 0 Å². The lowest BCUT2D eigenvalue weighted by Gasteiger charge is -2.41. The van der Waals surface area contributed by atoms with E-state index in [0.717, 1.165) is 18.9 Å². The standard InChI is InChI=1S/C65H103NO19/c1-44(27-20-16-12-8-5-6-11-15-19-23-35-60(78)79)61(80)46(3)57(76)33-21-17-13-9-7-10-14-18-22-34-59(85-65-64(83)63(82)62(81)47(4)84-65)45(2)58(77)43-56(75)42-55(74)40-51(70)31-25-30-50(69)39-54(73)41-53(72)38-49(68)29-24-28-48(67)37-52(71)32-26-36-66/h5-11,13-15,17-25,27,29,31,33,35,44-57,59,61-65,67-76,80-83H,12,16,26,28,30,32,34,36-43,66H2,1-4H3,(H,78,79). The van der Waals surface area contributed by atoms with Crippen molar-refractivity contribution in [1.82, 2.24) is 0 Å². The van der Waals surface area contributed by atoms with Crippen LogP contribution in [-0.2, 0) is 19.1 Å².